The smallest absolute Gasteiger partial charge is 0.256 e. The van der Waals surface area contributed by atoms with Gasteiger partial charge >= 0.3 is 0 Å². The molecule has 1 aromatic carbocycles. The minimum absolute atomic E-state index is 0. The van der Waals surface area contributed by atoms with Gasteiger partial charge in [0, 0.05) is 26.8 Å². The molecule has 0 atom stereocenters. The third kappa shape index (κ3) is 6.39. The van der Waals surface area contributed by atoms with Gasteiger partial charge in [-0.3, -0.25) is 0 Å². The van der Waals surface area contributed by atoms with Crippen LogP contribution in [-0.4, -0.2) is 4.57 Å². The summed E-state index contributed by atoms with van der Waals surface area (Å²) >= 11 is 0. The summed E-state index contributed by atoms with van der Waals surface area (Å²) in [6, 6.07) is 10.6. The monoisotopic (exact) mass is 452 g/mol. The Hall–Kier alpha value is -1.07. The number of aromatic nitrogens is 2. The summed E-state index contributed by atoms with van der Waals surface area (Å²) in [5.41, 5.74) is 1.35. The number of benzene rings is 1. The van der Waals surface area contributed by atoms with Gasteiger partial charge in [0.05, 0.1) is 7.05 Å². The Balaban J connectivity index is -0.000000256. The summed E-state index contributed by atoms with van der Waals surface area (Å²) < 4.78 is 4.48. The zero-order chi connectivity index (χ0) is 10.7. The van der Waals surface area contributed by atoms with Crippen molar-refractivity contribution in [1.29, 1.82) is 0 Å². The molecule has 0 aliphatic carbocycles. The summed E-state index contributed by atoms with van der Waals surface area (Å²) in [7, 11) is 2.10. The zero-order valence-electron chi connectivity index (χ0n) is 11.4. The van der Waals surface area contributed by atoms with Crippen molar-refractivity contribution in [3.05, 3.63) is 54.1 Å². The SMILES string of the molecule is CCc1n(Cc2ccccc2)cc[n+]1C.[O-2].[O-2].[O-2].[O-2].[Re]. The Kier molecular flexibility index (Phi) is 17.7. The van der Waals surface area contributed by atoms with Crippen molar-refractivity contribution in [1.82, 2.24) is 4.57 Å². The summed E-state index contributed by atoms with van der Waals surface area (Å²) in [5.74, 6) is 1.36. The van der Waals surface area contributed by atoms with E-state index < -0.39 is 0 Å². The second-order valence-corrected chi connectivity index (χ2v) is 3.79. The molecule has 0 N–H and O–H groups in total. The van der Waals surface area contributed by atoms with Gasteiger partial charge in [-0.2, -0.15) is 0 Å². The van der Waals surface area contributed by atoms with Gasteiger partial charge < -0.3 is 21.9 Å². The molecule has 0 saturated carbocycles. The van der Waals surface area contributed by atoms with Crippen molar-refractivity contribution in [3.63, 3.8) is 0 Å². The van der Waals surface area contributed by atoms with E-state index in [1.165, 1.54) is 11.4 Å². The minimum atomic E-state index is 0. The Labute approximate surface area is 132 Å². The third-order valence-electron chi connectivity index (χ3n) is 2.72. The summed E-state index contributed by atoms with van der Waals surface area (Å²) in [6.07, 6.45) is 5.32. The van der Waals surface area contributed by atoms with Crippen LogP contribution in [0.3, 0.4) is 0 Å². The predicted molar refractivity (Wildman–Crippen MR) is 63.3 cm³/mol. The van der Waals surface area contributed by atoms with E-state index >= 15 is 0 Å². The van der Waals surface area contributed by atoms with Crippen LogP contribution in [0.4, 0.5) is 0 Å². The van der Waals surface area contributed by atoms with Crippen LogP contribution in [0, 0.1) is 0 Å². The minimum Gasteiger partial charge on any atom is -2.00 e. The van der Waals surface area contributed by atoms with Gasteiger partial charge in [-0.15, -0.1) is 0 Å². The average Bonchev–Trinajstić information content (AvgIpc) is 2.61. The van der Waals surface area contributed by atoms with Crippen LogP contribution in [0.1, 0.15) is 18.3 Å². The van der Waals surface area contributed by atoms with E-state index in [1.54, 1.807) is 0 Å². The number of hydrogen-bond acceptors (Lipinski definition) is 0. The second kappa shape index (κ2) is 12.9. The van der Waals surface area contributed by atoms with Crippen LogP contribution < -0.4 is 4.57 Å². The van der Waals surface area contributed by atoms with Crippen LogP contribution in [0.25, 0.3) is 0 Å². The van der Waals surface area contributed by atoms with Gasteiger partial charge in [-0.1, -0.05) is 37.3 Å². The Morgan fingerprint density at radius 1 is 1.00 bits per heavy atom. The molecule has 0 amide bonds. The van der Waals surface area contributed by atoms with E-state index in [-0.39, 0.29) is 42.3 Å². The molecule has 0 bridgehead atoms. The summed E-state index contributed by atoms with van der Waals surface area (Å²) in [5, 5.41) is 0. The quantitative estimate of drug-likeness (QED) is 0.627. The van der Waals surface area contributed by atoms with Crippen LogP contribution in [0.5, 0.6) is 0 Å². The fourth-order valence-electron chi connectivity index (χ4n) is 1.93. The molecule has 0 aliphatic heterocycles. The van der Waals surface area contributed by atoms with Crippen LogP contribution >= 0.6 is 0 Å². The molecule has 0 saturated heterocycles. The summed E-state index contributed by atoms with van der Waals surface area (Å²) in [6.45, 7) is 3.15. The van der Waals surface area contributed by atoms with E-state index in [1.807, 2.05) is 0 Å². The number of aryl methyl sites for hydroxylation is 1. The predicted octanol–water partition coefficient (Wildman–Crippen LogP) is 1.45. The fraction of sp³-hybridized carbons (Fsp3) is 0.308. The van der Waals surface area contributed by atoms with E-state index in [0.29, 0.717) is 0 Å². The molecule has 2 rings (SSSR count). The maximum atomic E-state index is 2.30. The number of hydrogen-bond donors (Lipinski definition) is 0. The molecule has 1 radical (unpaired) electrons. The molecule has 0 fully saturated rings. The summed E-state index contributed by atoms with van der Waals surface area (Å²) in [4.78, 5) is 0. The third-order valence-corrected chi connectivity index (χ3v) is 2.72. The Bertz CT molecular complexity index is 449. The molecule has 2 aromatic rings. The van der Waals surface area contributed by atoms with E-state index in [2.05, 4.69) is 65.8 Å². The molecule has 6 nitrogen and oxygen atoms in total. The van der Waals surface area contributed by atoms with Gasteiger partial charge in [0.2, 0.25) is 0 Å². The van der Waals surface area contributed by atoms with Crippen molar-refractivity contribution < 1.29 is 46.9 Å². The Morgan fingerprint density at radius 2 is 1.55 bits per heavy atom. The van der Waals surface area contributed by atoms with Crippen molar-refractivity contribution >= 4 is 0 Å². The number of rotatable bonds is 3. The molecule has 20 heavy (non-hydrogen) atoms. The molecule has 1 aromatic heterocycles. The van der Waals surface area contributed by atoms with Crippen LogP contribution in [-0.2, 0) is 62.3 Å². The first-order chi connectivity index (χ1) is 7.31. The molecule has 117 valence electrons. The van der Waals surface area contributed by atoms with E-state index in [4.69, 9.17) is 0 Å². The van der Waals surface area contributed by atoms with Crippen molar-refractivity contribution in [2.75, 3.05) is 0 Å². The first-order valence-corrected chi connectivity index (χ1v) is 5.39. The first-order valence-electron chi connectivity index (χ1n) is 5.39. The molecule has 0 spiro atoms. The van der Waals surface area contributed by atoms with E-state index in [9.17, 15) is 0 Å². The van der Waals surface area contributed by atoms with Crippen molar-refractivity contribution in [3.8, 4) is 0 Å². The molecular weight excluding hydrogens is 434 g/mol. The number of imidazole rings is 1. The number of nitrogens with zero attached hydrogens (tertiary/aromatic N) is 2. The van der Waals surface area contributed by atoms with Gasteiger partial charge in [0.25, 0.3) is 5.82 Å². The van der Waals surface area contributed by atoms with Crippen molar-refractivity contribution in [2.45, 2.75) is 19.9 Å². The maximum Gasteiger partial charge on any atom is 0.256 e. The molecule has 1 heterocycles. The molecule has 7 heteroatoms. The van der Waals surface area contributed by atoms with Gasteiger partial charge in [0.1, 0.15) is 18.9 Å². The normalized spacial score (nSPS) is 7.90. The molecule has 0 unspecified atom stereocenters. The zero-order valence-corrected chi connectivity index (χ0v) is 14.1. The van der Waals surface area contributed by atoms with Crippen LogP contribution in [0.2, 0.25) is 0 Å². The average molecular weight is 451 g/mol. The largest absolute Gasteiger partial charge is 2.00 e. The first kappa shape index (κ1) is 27.3. The Morgan fingerprint density at radius 3 is 2.05 bits per heavy atom. The van der Waals surface area contributed by atoms with Gasteiger partial charge in [-0.05, 0) is 5.56 Å². The standard InChI is InChI=1S/C13H17N2.4O.Re/c1-3-13-14(2)9-10-15(13)11-12-7-5-4-6-8-12;;;;;/h4-10H,3,11H2,1-2H3;;;;;/q+1;4*-2;. The van der Waals surface area contributed by atoms with Gasteiger partial charge in [0.15, 0.2) is 0 Å². The van der Waals surface area contributed by atoms with E-state index in [0.717, 1.165) is 13.0 Å². The van der Waals surface area contributed by atoms with Gasteiger partial charge in [-0.25, -0.2) is 9.13 Å². The fourth-order valence-corrected chi connectivity index (χ4v) is 1.93. The molecule has 0 aliphatic rings. The maximum absolute atomic E-state index is 2.30. The molecular formula is C13H17N2O4Re-7. The topological polar surface area (TPSA) is 123 Å². The van der Waals surface area contributed by atoms with Crippen molar-refractivity contribution in [2.24, 2.45) is 7.05 Å². The van der Waals surface area contributed by atoms with Crippen LogP contribution in [0.15, 0.2) is 42.7 Å². The second-order valence-electron chi connectivity index (χ2n) is 3.79.